The van der Waals surface area contributed by atoms with Crippen LogP contribution in [0.2, 0.25) is 0 Å². The van der Waals surface area contributed by atoms with Crippen LogP contribution in [-0.2, 0) is 17.6 Å². The molecule has 3 N–H and O–H groups in total. The largest absolute Gasteiger partial charge is 0.348 e. The maximum atomic E-state index is 12.2. The molecule has 0 saturated carbocycles. The first kappa shape index (κ1) is 16.0. The lowest BCUT2D eigenvalue weighted by Gasteiger charge is -2.23. The number of hydrogen-bond donors (Lipinski definition) is 2. The van der Waals surface area contributed by atoms with Crippen molar-refractivity contribution in [3.63, 3.8) is 0 Å². The van der Waals surface area contributed by atoms with E-state index in [0.717, 1.165) is 12.8 Å². The quantitative estimate of drug-likeness (QED) is 0.874. The van der Waals surface area contributed by atoms with Gasteiger partial charge in [-0.1, -0.05) is 38.5 Å². The number of fused-ring (bicyclic) bond motifs is 1. The van der Waals surface area contributed by atoms with E-state index in [1.807, 2.05) is 13.8 Å². The van der Waals surface area contributed by atoms with Crippen molar-refractivity contribution in [2.75, 3.05) is 0 Å². The lowest BCUT2D eigenvalue weighted by molar-refractivity contribution is -0.124. The van der Waals surface area contributed by atoms with Gasteiger partial charge in [-0.25, -0.2) is 0 Å². The van der Waals surface area contributed by atoms with Gasteiger partial charge in [-0.3, -0.25) is 4.79 Å². The zero-order chi connectivity index (χ0) is 15.4. The summed E-state index contributed by atoms with van der Waals surface area (Å²) in [6.45, 7) is 6.12. The lowest BCUT2D eigenvalue weighted by atomic mass is 9.89. The molecule has 1 aliphatic carbocycles. The number of carbonyl (C=O) groups is 1. The molecule has 3 atom stereocenters. The summed E-state index contributed by atoms with van der Waals surface area (Å²) in [5, 5.41) is 3.05. The minimum atomic E-state index is -0.421. The van der Waals surface area contributed by atoms with E-state index in [-0.39, 0.29) is 17.9 Å². The Hall–Kier alpha value is -1.35. The number of hydrogen-bond acceptors (Lipinski definition) is 2. The molecule has 0 aliphatic heterocycles. The van der Waals surface area contributed by atoms with Crippen molar-refractivity contribution in [2.45, 2.75) is 65.0 Å². The number of nitrogens with two attached hydrogens (primary N) is 1. The van der Waals surface area contributed by atoms with Crippen LogP contribution in [0.4, 0.5) is 0 Å². The van der Waals surface area contributed by atoms with Gasteiger partial charge in [0.15, 0.2) is 0 Å². The molecular weight excluding hydrogens is 260 g/mol. The molecule has 0 spiro atoms. The van der Waals surface area contributed by atoms with Crippen LogP contribution in [0, 0.1) is 5.92 Å². The predicted octanol–water partition coefficient (Wildman–Crippen LogP) is 3.12. The van der Waals surface area contributed by atoms with Gasteiger partial charge in [0.05, 0.1) is 12.1 Å². The molecule has 0 saturated heterocycles. The van der Waals surface area contributed by atoms with Crippen LogP contribution in [0.1, 0.15) is 62.8 Å². The molecule has 1 aromatic carbocycles. The molecule has 21 heavy (non-hydrogen) atoms. The molecule has 3 nitrogen and oxygen atoms in total. The van der Waals surface area contributed by atoms with Crippen LogP contribution in [0.3, 0.4) is 0 Å². The van der Waals surface area contributed by atoms with E-state index >= 15 is 0 Å². The summed E-state index contributed by atoms with van der Waals surface area (Å²) in [7, 11) is 0. The maximum absolute atomic E-state index is 12.2. The molecule has 0 bridgehead atoms. The Morgan fingerprint density at radius 3 is 2.57 bits per heavy atom. The van der Waals surface area contributed by atoms with E-state index in [9.17, 15) is 4.79 Å². The van der Waals surface area contributed by atoms with E-state index in [1.54, 1.807) is 0 Å². The second kappa shape index (κ2) is 7.08. The van der Waals surface area contributed by atoms with Gasteiger partial charge in [-0.05, 0) is 55.2 Å². The predicted molar refractivity (Wildman–Crippen MR) is 87.1 cm³/mol. The van der Waals surface area contributed by atoms with Gasteiger partial charge in [0.1, 0.15) is 0 Å². The Kier molecular flexibility index (Phi) is 5.40. The van der Waals surface area contributed by atoms with Crippen LogP contribution in [0.25, 0.3) is 0 Å². The standard InChI is InChI=1S/C18H28N2O/c1-4-12(2)17(19)18(21)20-13(3)15-10-9-14-7-5-6-8-16(14)11-15/h9-13,17H,4-8,19H2,1-3H3,(H,20,21). The molecule has 1 amide bonds. The fraction of sp³-hybridized carbons (Fsp3) is 0.611. The summed E-state index contributed by atoms with van der Waals surface area (Å²) < 4.78 is 0. The lowest BCUT2D eigenvalue weighted by Crippen LogP contribution is -2.45. The number of aryl methyl sites for hydroxylation is 2. The van der Waals surface area contributed by atoms with E-state index in [4.69, 9.17) is 5.73 Å². The molecule has 2 rings (SSSR count). The second-order valence-electron chi connectivity index (χ2n) is 6.38. The number of benzene rings is 1. The molecule has 3 heteroatoms. The van der Waals surface area contributed by atoms with Gasteiger partial charge in [0.2, 0.25) is 5.91 Å². The Labute approximate surface area is 128 Å². The van der Waals surface area contributed by atoms with Crippen molar-refractivity contribution in [3.05, 3.63) is 34.9 Å². The average molecular weight is 288 g/mol. The first-order chi connectivity index (χ1) is 10.0. The monoisotopic (exact) mass is 288 g/mol. The minimum absolute atomic E-state index is 0.0137. The van der Waals surface area contributed by atoms with Crippen molar-refractivity contribution in [1.82, 2.24) is 5.32 Å². The van der Waals surface area contributed by atoms with Crippen LogP contribution in [0.15, 0.2) is 18.2 Å². The fourth-order valence-corrected chi connectivity index (χ4v) is 2.93. The van der Waals surface area contributed by atoms with E-state index < -0.39 is 6.04 Å². The Morgan fingerprint density at radius 1 is 1.24 bits per heavy atom. The third-order valence-electron chi connectivity index (χ3n) is 4.79. The van der Waals surface area contributed by atoms with Crippen LogP contribution in [-0.4, -0.2) is 11.9 Å². The van der Waals surface area contributed by atoms with Gasteiger partial charge in [-0.2, -0.15) is 0 Å². The Balaban J connectivity index is 2.03. The normalized spacial score (nSPS) is 18.5. The SMILES string of the molecule is CCC(C)C(N)C(=O)NC(C)c1ccc2c(c1)CCCC2. The highest BCUT2D eigenvalue weighted by molar-refractivity contribution is 5.82. The average Bonchev–Trinajstić information content (AvgIpc) is 2.52. The molecule has 3 unspecified atom stereocenters. The van der Waals surface area contributed by atoms with Crippen molar-refractivity contribution in [3.8, 4) is 0 Å². The van der Waals surface area contributed by atoms with Crippen LogP contribution < -0.4 is 11.1 Å². The molecule has 1 aliphatic rings. The Bertz CT molecular complexity index is 498. The first-order valence-electron chi connectivity index (χ1n) is 8.20. The number of amides is 1. The second-order valence-corrected chi connectivity index (χ2v) is 6.38. The molecule has 0 aromatic heterocycles. The highest BCUT2D eigenvalue weighted by Crippen LogP contribution is 2.24. The summed E-state index contributed by atoms with van der Waals surface area (Å²) in [6, 6.07) is 6.22. The minimum Gasteiger partial charge on any atom is -0.348 e. The third kappa shape index (κ3) is 3.85. The molecule has 0 radical (unpaired) electrons. The highest BCUT2D eigenvalue weighted by atomic mass is 16.2. The molecule has 0 heterocycles. The first-order valence-corrected chi connectivity index (χ1v) is 8.20. The fourth-order valence-electron chi connectivity index (χ4n) is 2.93. The van der Waals surface area contributed by atoms with Crippen molar-refractivity contribution in [2.24, 2.45) is 11.7 Å². The van der Waals surface area contributed by atoms with E-state index in [1.165, 1.54) is 36.0 Å². The highest BCUT2D eigenvalue weighted by Gasteiger charge is 2.21. The summed E-state index contributed by atoms with van der Waals surface area (Å²) in [5.41, 5.74) is 10.1. The van der Waals surface area contributed by atoms with E-state index in [2.05, 4.69) is 30.4 Å². The van der Waals surface area contributed by atoms with Crippen LogP contribution in [0.5, 0.6) is 0 Å². The molecular formula is C18H28N2O. The molecule has 0 fully saturated rings. The van der Waals surface area contributed by atoms with Gasteiger partial charge >= 0.3 is 0 Å². The summed E-state index contributed by atoms with van der Waals surface area (Å²) in [5.74, 6) is 0.162. The summed E-state index contributed by atoms with van der Waals surface area (Å²) >= 11 is 0. The smallest absolute Gasteiger partial charge is 0.237 e. The van der Waals surface area contributed by atoms with Gasteiger partial charge in [-0.15, -0.1) is 0 Å². The molecule has 116 valence electrons. The number of carbonyl (C=O) groups excluding carboxylic acids is 1. The zero-order valence-corrected chi connectivity index (χ0v) is 13.5. The van der Waals surface area contributed by atoms with Gasteiger partial charge < -0.3 is 11.1 Å². The molecule has 1 aromatic rings. The third-order valence-corrected chi connectivity index (χ3v) is 4.79. The van der Waals surface area contributed by atoms with Crippen LogP contribution >= 0.6 is 0 Å². The van der Waals surface area contributed by atoms with Gasteiger partial charge in [0.25, 0.3) is 0 Å². The maximum Gasteiger partial charge on any atom is 0.237 e. The van der Waals surface area contributed by atoms with Crippen molar-refractivity contribution in [1.29, 1.82) is 0 Å². The summed E-state index contributed by atoms with van der Waals surface area (Å²) in [6.07, 6.45) is 5.84. The topological polar surface area (TPSA) is 55.1 Å². The number of nitrogens with one attached hydrogen (secondary N) is 1. The van der Waals surface area contributed by atoms with Crippen molar-refractivity contribution < 1.29 is 4.79 Å². The zero-order valence-electron chi connectivity index (χ0n) is 13.5. The Morgan fingerprint density at radius 2 is 1.90 bits per heavy atom. The number of rotatable bonds is 5. The van der Waals surface area contributed by atoms with E-state index in [0.29, 0.717) is 0 Å². The summed E-state index contributed by atoms with van der Waals surface area (Å²) in [4.78, 5) is 12.2. The van der Waals surface area contributed by atoms with Gasteiger partial charge in [0, 0.05) is 0 Å². The van der Waals surface area contributed by atoms with Crippen molar-refractivity contribution >= 4 is 5.91 Å².